The van der Waals surface area contributed by atoms with Gasteiger partial charge in [0.25, 0.3) is 5.91 Å². The van der Waals surface area contributed by atoms with Crippen LogP contribution >= 0.6 is 0 Å². The molecule has 1 amide bonds. The van der Waals surface area contributed by atoms with Gasteiger partial charge in [0, 0.05) is 24.4 Å². The molecule has 3 aromatic rings. The maximum Gasteiger partial charge on any atom is 0.256 e. The van der Waals surface area contributed by atoms with Crippen LogP contribution in [0, 0.1) is 6.92 Å². The van der Waals surface area contributed by atoms with Gasteiger partial charge >= 0.3 is 0 Å². The molecule has 0 spiro atoms. The lowest BCUT2D eigenvalue weighted by Crippen LogP contribution is -2.38. The van der Waals surface area contributed by atoms with Gasteiger partial charge in [-0.1, -0.05) is 17.3 Å². The second-order valence-corrected chi connectivity index (χ2v) is 5.89. The molecule has 1 aliphatic heterocycles. The van der Waals surface area contributed by atoms with Crippen LogP contribution in [0.1, 0.15) is 40.8 Å². The van der Waals surface area contributed by atoms with E-state index in [1.54, 1.807) is 6.20 Å². The van der Waals surface area contributed by atoms with E-state index in [0.717, 1.165) is 23.7 Å². The molecular weight excluding hydrogens is 294 g/mol. The molecule has 0 unspecified atom stereocenters. The third-order valence-corrected chi connectivity index (χ3v) is 4.38. The Labute approximate surface area is 132 Å². The lowest BCUT2D eigenvalue weighted by molar-refractivity contribution is 0.0706. The number of nitrogens with zero attached hydrogens (tertiary/aromatic N) is 4. The summed E-state index contributed by atoms with van der Waals surface area (Å²) in [5, 5.41) is 11.7. The fourth-order valence-electron chi connectivity index (χ4n) is 3.13. The van der Waals surface area contributed by atoms with Crippen LogP contribution in [0.4, 0.5) is 0 Å². The third-order valence-electron chi connectivity index (χ3n) is 4.38. The first-order chi connectivity index (χ1) is 11.2. The predicted octanol–water partition coefficient (Wildman–Crippen LogP) is 2.27. The lowest BCUT2D eigenvalue weighted by atomic mass is 9.96. The molecule has 1 aromatic carbocycles. The van der Waals surface area contributed by atoms with Crippen LogP contribution in [0.3, 0.4) is 0 Å². The Morgan fingerprint density at radius 3 is 2.91 bits per heavy atom. The van der Waals surface area contributed by atoms with Gasteiger partial charge in [0.05, 0.1) is 17.3 Å². The molecule has 0 bridgehead atoms. The van der Waals surface area contributed by atoms with E-state index in [2.05, 4.69) is 20.3 Å². The normalized spacial score (nSPS) is 16.1. The Morgan fingerprint density at radius 1 is 1.35 bits per heavy atom. The summed E-state index contributed by atoms with van der Waals surface area (Å²) in [5.41, 5.74) is 1.47. The minimum atomic E-state index is 0.0417. The molecule has 0 atom stereocenters. The number of aromatic nitrogens is 4. The molecule has 1 saturated heterocycles. The standard InChI is InChI=1S/C16H17N5O2/c1-10-18-15(23-20-10)11-5-7-21(8-6-11)16(22)13-4-2-3-12-9-17-19-14(12)13/h2-4,9,11H,5-8H2,1H3,(H,17,19). The molecule has 118 valence electrons. The molecule has 7 heteroatoms. The number of nitrogens with one attached hydrogen (secondary N) is 1. The van der Waals surface area contributed by atoms with E-state index in [0.29, 0.717) is 30.4 Å². The minimum Gasteiger partial charge on any atom is -0.339 e. The first-order valence-corrected chi connectivity index (χ1v) is 7.74. The first-order valence-electron chi connectivity index (χ1n) is 7.74. The molecule has 0 aliphatic carbocycles. The van der Waals surface area contributed by atoms with Crippen molar-refractivity contribution in [2.45, 2.75) is 25.7 Å². The maximum absolute atomic E-state index is 12.8. The van der Waals surface area contributed by atoms with Crippen molar-refractivity contribution in [1.82, 2.24) is 25.2 Å². The van der Waals surface area contributed by atoms with Crippen LogP contribution in [0.25, 0.3) is 10.9 Å². The summed E-state index contributed by atoms with van der Waals surface area (Å²) in [6.45, 7) is 3.20. The first kappa shape index (κ1) is 13.9. The summed E-state index contributed by atoms with van der Waals surface area (Å²) in [5.74, 6) is 1.62. The van der Waals surface area contributed by atoms with Gasteiger partial charge in [-0.15, -0.1) is 0 Å². The molecular formula is C16H17N5O2. The van der Waals surface area contributed by atoms with Crippen LogP contribution in [0.15, 0.2) is 28.9 Å². The summed E-state index contributed by atoms with van der Waals surface area (Å²) in [6.07, 6.45) is 3.41. The summed E-state index contributed by atoms with van der Waals surface area (Å²) in [4.78, 5) is 19.0. The van der Waals surface area contributed by atoms with Crippen LogP contribution in [-0.2, 0) is 0 Å². The predicted molar refractivity (Wildman–Crippen MR) is 83.0 cm³/mol. The highest BCUT2D eigenvalue weighted by atomic mass is 16.5. The van der Waals surface area contributed by atoms with E-state index in [-0.39, 0.29) is 11.8 Å². The van der Waals surface area contributed by atoms with E-state index in [1.807, 2.05) is 30.0 Å². The highest BCUT2D eigenvalue weighted by Gasteiger charge is 2.28. The van der Waals surface area contributed by atoms with Crippen molar-refractivity contribution < 1.29 is 9.32 Å². The lowest BCUT2D eigenvalue weighted by Gasteiger charge is -2.30. The number of piperidine rings is 1. The average Bonchev–Trinajstić information content (AvgIpc) is 3.22. The second-order valence-electron chi connectivity index (χ2n) is 5.89. The Morgan fingerprint density at radius 2 is 2.17 bits per heavy atom. The molecule has 1 N–H and O–H groups in total. The zero-order chi connectivity index (χ0) is 15.8. The van der Waals surface area contributed by atoms with Crippen molar-refractivity contribution in [2.24, 2.45) is 0 Å². The van der Waals surface area contributed by atoms with Crippen LogP contribution in [0.5, 0.6) is 0 Å². The van der Waals surface area contributed by atoms with Crippen molar-refractivity contribution >= 4 is 16.8 Å². The number of carbonyl (C=O) groups excluding carboxylic acids is 1. The van der Waals surface area contributed by atoms with Crippen molar-refractivity contribution in [2.75, 3.05) is 13.1 Å². The van der Waals surface area contributed by atoms with Gasteiger partial charge < -0.3 is 9.42 Å². The Bertz CT molecular complexity index is 845. The van der Waals surface area contributed by atoms with Gasteiger partial charge in [-0.3, -0.25) is 9.89 Å². The Balaban J connectivity index is 1.50. The number of hydrogen-bond donors (Lipinski definition) is 1. The zero-order valence-corrected chi connectivity index (χ0v) is 12.8. The Hall–Kier alpha value is -2.70. The van der Waals surface area contributed by atoms with E-state index in [9.17, 15) is 4.79 Å². The molecule has 2 aromatic heterocycles. The van der Waals surface area contributed by atoms with Crippen LogP contribution in [-0.4, -0.2) is 44.2 Å². The van der Waals surface area contributed by atoms with E-state index >= 15 is 0 Å². The summed E-state index contributed by atoms with van der Waals surface area (Å²) < 4.78 is 5.25. The molecule has 7 nitrogen and oxygen atoms in total. The number of aryl methyl sites for hydroxylation is 1. The van der Waals surface area contributed by atoms with E-state index in [1.165, 1.54) is 0 Å². The number of fused-ring (bicyclic) bond motifs is 1. The highest BCUT2D eigenvalue weighted by Crippen LogP contribution is 2.28. The number of amides is 1. The molecule has 0 radical (unpaired) electrons. The average molecular weight is 311 g/mol. The maximum atomic E-state index is 12.8. The number of carbonyl (C=O) groups is 1. The molecule has 1 fully saturated rings. The number of aromatic amines is 1. The van der Waals surface area contributed by atoms with Gasteiger partial charge in [0.1, 0.15) is 0 Å². The number of H-pyrrole nitrogens is 1. The zero-order valence-electron chi connectivity index (χ0n) is 12.8. The Kier molecular flexibility index (Phi) is 3.33. The van der Waals surface area contributed by atoms with E-state index < -0.39 is 0 Å². The van der Waals surface area contributed by atoms with Gasteiger partial charge in [-0.05, 0) is 25.8 Å². The number of benzene rings is 1. The summed E-state index contributed by atoms with van der Waals surface area (Å²) >= 11 is 0. The van der Waals surface area contributed by atoms with Crippen LogP contribution < -0.4 is 0 Å². The number of rotatable bonds is 2. The fourth-order valence-corrected chi connectivity index (χ4v) is 3.13. The largest absolute Gasteiger partial charge is 0.339 e. The second kappa shape index (κ2) is 5.49. The third kappa shape index (κ3) is 2.48. The van der Waals surface area contributed by atoms with Crippen molar-refractivity contribution in [3.05, 3.63) is 41.7 Å². The smallest absolute Gasteiger partial charge is 0.256 e. The van der Waals surface area contributed by atoms with Gasteiger partial charge in [0.15, 0.2) is 5.82 Å². The topological polar surface area (TPSA) is 87.9 Å². The molecule has 1 aliphatic rings. The quantitative estimate of drug-likeness (QED) is 0.784. The van der Waals surface area contributed by atoms with Crippen molar-refractivity contribution in [3.63, 3.8) is 0 Å². The number of hydrogen-bond acceptors (Lipinski definition) is 5. The van der Waals surface area contributed by atoms with Crippen LogP contribution in [0.2, 0.25) is 0 Å². The van der Waals surface area contributed by atoms with Crippen molar-refractivity contribution in [1.29, 1.82) is 0 Å². The monoisotopic (exact) mass is 311 g/mol. The van der Waals surface area contributed by atoms with E-state index in [4.69, 9.17) is 4.52 Å². The number of para-hydroxylation sites is 1. The van der Waals surface area contributed by atoms with Gasteiger partial charge in [-0.2, -0.15) is 10.1 Å². The van der Waals surface area contributed by atoms with Gasteiger partial charge in [-0.25, -0.2) is 0 Å². The SMILES string of the molecule is Cc1noc(C2CCN(C(=O)c3cccc4cn[nH]c34)CC2)n1. The summed E-state index contributed by atoms with van der Waals surface area (Å²) in [7, 11) is 0. The molecule has 23 heavy (non-hydrogen) atoms. The van der Waals surface area contributed by atoms with Crippen molar-refractivity contribution in [3.8, 4) is 0 Å². The molecule has 0 saturated carbocycles. The van der Waals surface area contributed by atoms with Gasteiger partial charge in [0.2, 0.25) is 5.89 Å². The molecule has 3 heterocycles. The summed E-state index contributed by atoms with van der Waals surface area (Å²) in [6, 6.07) is 5.68. The highest BCUT2D eigenvalue weighted by molar-refractivity contribution is 6.05. The minimum absolute atomic E-state index is 0.0417. The number of likely N-dealkylation sites (tertiary alicyclic amines) is 1. The fraction of sp³-hybridized carbons (Fsp3) is 0.375. The molecule has 4 rings (SSSR count).